The van der Waals surface area contributed by atoms with E-state index in [1.54, 1.807) is 42.5 Å². The molecule has 1 aromatic heterocycles. The number of aromatic nitrogens is 2. The van der Waals surface area contributed by atoms with Gasteiger partial charge < -0.3 is 0 Å². The van der Waals surface area contributed by atoms with Crippen molar-refractivity contribution in [2.24, 2.45) is 0 Å². The largest absolute Gasteiger partial charge is 0.280 e. The van der Waals surface area contributed by atoms with E-state index < -0.39 is 0 Å². The Balaban J connectivity index is 1.90. The van der Waals surface area contributed by atoms with Gasteiger partial charge in [0.25, 0.3) is 11.5 Å². The third kappa shape index (κ3) is 2.86. The third-order valence-corrected chi connectivity index (χ3v) is 4.06. The lowest BCUT2D eigenvalue weighted by Crippen LogP contribution is -2.35. The molecule has 3 aromatic carbocycles. The molecule has 5 heteroatoms. The molecule has 1 N–H and O–H groups in total. The van der Waals surface area contributed by atoms with Crippen molar-refractivity contribution in [3.05, 3.63) is 101 Å². The zero-order valence-electron chi connectivity index (χ0n) is 13.8. The number of nitrogens with one attached hydrogen (secondary N) is 1. The van der Waals surface area contributed by atoms with Crippen LogP contribution in [0.5, 0.6) is 0 Å². The number of carbonyl (C=O) groups is 1. The second-order valence-electron chi connectivity index (χ2n) is 5.77. The van der Waals surface area contributed by atoms with E-state index in [0.717, 1.165) is 5.56 Å². The first-order chi connectivity index (χ1) is 12.7. The van der Waals surface area contributed by atoms with Crippen LogP contribution in [0.25, 0.3) is 22.3 Å². The van der Waals surface area contributed by atoms with Crippen molar-refractivity contribution in [2.45, 2.75) is 0 Å². The smallest absolute Gasteiger partial charge is 0.267 e. The van der Waals surface area contributed by atoms with Crippen molar-refractivity contribution in [3.63, 3.8) is 0 Å². The summed E-state index contributed by atoms with van der Waals surface area (Å²) in [6.07, 6.45) is 0. The summed E-state index contributed by atoms with van der Waals surface area (Å²) in [6.45, 7) is 0. The Kier molecular flexibility index (Phi) is 4.03. The molecule has 0 aliphatic carbocycles. The molecule has 0 atom stereocenters. The third-order valence-electron chi connectivity index (χ3n) is 4.06. The number of hydrogen-bond donors (Lipinski definition) is 1. The van der Waals surface area contributed by atoms with Gasteiger partial charge in [-0.25, -0.2) is 4.98 Å². The molecule has 4 rings (SSSR count). The van der Waals surface area contributed by atoms with Gasteiger partial charge in [-0.15, -0.1) is 0 Å². The van der Waals surface area contributed by atoms with Crippen LogP contribution in [-0.2, 0) is 0 Å². The normalized spacial score (nSPS) is 10.6. The Morgan fingerprint density at radius 3 is 2.15 bits per heavy atom. The van der Waals surface area contributed by atoms with E-state index in [-0.39, 0.29) is 11.5 Å². The van der Waals surface area contributed by atoms with Gasteiger partial charge in [-0.1, -0.05) is 60.7 Å². The number of hydrogen-bond acceptors (Lipinski definition) is 3. The van der Waals surface area contributed by atoms with Gasteiger partial charge in [-0.3, -0.25) is 15.0 Å². The highest BCUT2D eigenvalue weighted by molar-refractivity contribution is 6.00. The Hall–Kier alpha value is -3.73. The topological polar surface area (TPSA) is 64.0 Å². The van der Waals surface area contributed by atoms with Crippen LogP contribution in [0.2, 0.25) is 0 Å². The molecule has 0 fully saturated rings. The van der Waals surface area contributed by atoms with Crippen LogP contribution in [0.1, 0.15) is 10.4 Å². The fraction of sp³-hybridized carbons (Fsp3) is 0. The maximum atomic E-state index is 13.0. The van der Waals surface area contributed by atoms with Gasteiger partial charge in [0.1, 0.15) is 0 Å². The predicted octanol–water partition coefficient (Wildman–Crippen LogP) is 3.45. The molecule has 0 saturated heterocycles. The second kappa shape index (κ2) is 6.64. The molecule has 5 nitrogen and oxygen atoms in total. The lowest BCUT2D eigenvalue weighted by atomic mass is 10.2. The molecule has 0 unspecified atom stereocenters. The van der Waals surface area contributed by atoms with E-state index >= 15 is 0 Å². The lowest BCUT2D eigenvalue weighted by molar-refractivity contribution is 0.101. The average Bonchev–Trinajstić information content (AvgIpc) is 2.71. The highest BCUT2D eigenvalue weighted by atomic mass is 16.2. The maximum absolute atomic E-state index is 13.0. The highest BCUT2D eigenvalue weighted by Crippen LogP contribution is 2.18. The van der Waals surface area contributed by atoms with E-state index in [0.29, 0.717) is 22.3 Å². The Morgan fingerprint density at radius 2 is 1.42 bits per heavy atom. The monoisotopic (exact) mass is 341 g/mol. The minimum atomic E-state index is -0.373. The molecule has 126 valence electrons. The zero-order chi connectivity index (χ0) is 17.9. The van der Waals surface area contributed by atoms with Crippen molar-refractivity contribution in [3.8, 4) is 11.4 Å². The summed E-state index contributed by atoms with van der Waals surface area (Å²) in [5.74, 6) is 0.0144. The van der Waals surface area contributed by atoms with Gasteiger partial charge in [-0.05, 0) is 24.3 Å². The van der Waals surface area contributed by atoms with Crippen molar-refractivity contribution in [1.29, 1.82) is 0 Å². The molecule has 1 amide bonds. The Morgan fingerprint density at radius 1 is 0.808 bits per heavy atom. The lowest BCUT2D eigenvalue weighted by Gasteiger charge is -2.14. The van der Waals surface area contributed by atoms with Gasteiger partial charge in [0, 0.05) is 11.1 Å². The van der Waals surface area contributed by atoms with E-state index in [4.69, 9.17) is 0 Å². The summed E-state index contributed by atoms with van der Waals surface area (Å²) >= 11 is 0. The molecule has 4 aromatic rings. The van der Waals surface area contributed by atoms with E-state index in [9.17, 15) is 9.59 Å². The summed E-state index contributed by atoms with van der Waals surface area (Å²) in [5, 5.41) is 0.445. The Labute approximate surface area is 149 Å². The Bertz CT molecular complexity index is 1140. The first kappa shape index (κ1) is 15.8. The van der Waals surface area contributed by atoms with Crippen molar-refractivity contribution in [1.82, 2.24) is 9.66 Å². The van der Waals surface area contributed by atoms with Gasteiger partial charge in [0.2, 0.25) is 0 Å². The summed E-state index contributed by atoms with van der Waals surface area (Å²) < 4.78 is 1.22. The van der Waals surface area contributed by atoms with Gasteiger partial charge in [-0.2, -0.15) is 4.68 Å². The van der Waals surface area contributed by atoms with E-state index in [1.165, 1.54) is 4.68 Å². The maximum Gasteiger partial charge on any atom is 0.280 e. The van der Waals surface area contributed by atoms with Crippen LogP contribution in [0.4, 0.5) is 0 Å². The first-order valence-electron chi connectivity index (χ1n) is 8.17. The van der Waals surface area contributed by atoms with Gasteiger partial charge in [0.15, 0.2) is 5.82 Å². The number of para-hydroxylation sites is 1. The molecule has 0 saturated carbocycles. The second-order valence-corrected chi connectivity index (χ2v) is 5.77. The number of fused-ring (bicyclic) bond motifs is 1. The standard InChI is InChI=1S/C21H15N3O2/c25-20(16-11-5-2-6-12-16)23-24-19(15-9-3-1-4-10-15)22-18-14-8-7-13-17(18)21(24)26/h1-14H,(H,23,25). The zero-order valence-corrected chi connectivity index (χ0v) is 13.8. The van der Waals surface area contributed by atoms with Crippen molar-refractivity contribution >= 4 is 16.8 Å². The molecule has 0 radical (unpaired) electrons. The van der Waals surface area contributed by atoms with E-state index in [2.05, 4.69) is 10.4 Å². The number of benzene rings is 3. The van der Waals surface area contributed by atoms with Crippen molar-refractivity contribution < 1.29 is 4.79 Å². The minimum Gasteiger partial charge on any atom is -0.267 e. The van der Waals surface area contributed by atoms with Crippen LogP contribution < -0.4 is 11.0 Å². The number of rotatable bonds is 3. The number of nitrogens with zero attached hydrogens (tertiary/aromatic N) is 2. The molecule has 1 heterocycles. The molecular formula is C21H15N3O2. The molecular weight excluding hydrogens is 326 g/mol. The van der Waals surface area contributed by atoms with Gasteiger partial charge in [0.05, 0.1) is 10.9 Å². The fourth-order valence-electron chi connectivity index (χ4n) is 2.77. The fourth-order valence-corrected chi connectivity index (χ4v) is 2.77. The SMILES string of the molecule is O=C(Nn1c(-c2ccccc2)nc2ccccc2c1=O)c1ccccc1. The molecule has 0 aliphatic heterocycles. The number of amides is 1. The van der Waals surface area contributed by atoms with Crippen LogP contribution in [0.3, 0.4) is 0 Å². The minimum absolute atomic E-state index is 0.321. The van der Waals surface area contributed by atoms with Crippen LogP contribution in [0, 0.1) is 0 Å². The highest BCUT2D eigenvalue weighted by Gasteiger charge is 2.15. The van der Waals surface area contributed by atoms with Crippen LogP contribution >= 0.6 is 0 Å². The van der Waals surface area contributed by atoms with Crippen LogP contribution in [-0.4, -0.2) is 15.6 Å². The summed E-state index contributed by atoms with van der Waals surface area (Å²) in [7, 11) is 0. The average molecular weight is 341 g/mol. The molecule has 0 aliphatic rings. The molecule has 0 bridgehead atoms. The van der Waals surface area contributed by atoms with Crippen LogP contribution in [0.15, 0.2) is 89.7 Å². The molecule has 26 heavy (non-hydrogen) atoms. The quantitative estimate of drug-likeness (QED) is 0.621. The molecule has 0 spiro atoms. The van der Waals surface area contributed by atoms with Gasteiger partial charge >= 0.3 is 0 Å². The predicted molar refractivity (Wildman–Crippen MR) is 102 cm³/mol. The van der Waals surface area contributed by atoms with Crippen molar-refractivity contribution in [2.75, 3.05) is 5.43 Å². The summed E-state index contributed by atoms with van der Waals surface area (Å²) in [6, 6.07) is 25.1. The van der Waals surface area contributed by atoms with E-state index in [1.807, 2.05) is 42.5 Å². The first-order valence-corrected chi connectivity index (χ1v) is 8.17. The number of carbonyl (C=O) groups excluding carboxylic acids is 1. The summed E-state index contributed by atoms with van der Waals surface area (Å²) in [4.78, 5) is 30.2. The summed E-state index contributed by atoms with van der Waals surface area (Å²) in [5.41, 5.74) is 4.16.